The smallest absolute Gasteiger partial charge is 0.286 e. The molecule has 6 nitrogen and oxygen atoms in total. The number of hydrogen-bond acceptors (Lipinski definition) is 4. The van der Waals surface area contributed by atoms with Gasteiger partial charge in [0.15, 0.2) is 5.76 Å². The molecule has 2 aromatic heterocycles. The van der Waals surface area contributed by atoms with Gasteiger partial charge in [-0.15, -0.1) is 0 Å². The monoisotopic (exact) mass is 274 g/mol. The molecule has 6 heteroatoms. The number of furan rings is 1. The predicted molar refractivity (Wildman–Crippen MR) is 73.3 cm³/mol. The Hall–Kier alpha value is -2.08. The molecule has 0 saturated heterocycles. The molecule has 3 rings (SSSR count). The molecule has 1 aliphatic rings. The van der Waals surface area contributed by atoms with Crippen molar-refractivity contribution in [1.82, 2.24) is 20.0 Å². The van der Waals surface area contributed by atoms with E-state index in [1.54, 1.807) is 12.1 Å². The Bertz CT molecular complexity index is 576. The summed E-state index contributed by atoms with van der Waals surface area (Å²) in [5.41, 5.74) is 1.22. The fraction of sp³-hybridized carbons (Fsp3) is 0.429. The van der Waals surface area contributed by atoms with Gasteiger partial charge >= 0.3 is 0 Å². The summed E-state index contributed by atoms with van der Waals surface area (Å²) in [4.78, 5) is 14.0. The third-order valence-corrected chi connectivity index (χ3v) is 3.56. The van der Waals surface area contributed by atoms with Gasteiger partial charge in [0.1, 0.15) is 0 Å². The van der Waals surface area contributed by atoms with Crippen molar-refractivity contribution in [2.45, 2.75) is 19.0 Å². The van der Waals surface area contributed by atoms with E-state index in [1.807, 2.05) is 12.3 Å². The maximum Gasteiger partial charge on any atom is 0.286 e. The fourth-order valence-electron chi connectivity index (χ4n) is 2.63. The van der Waals surface area contributed by atoms with Gasteiger partial charge in [-0.3, -0.25) is 14.4 Å². The highest BCUT2D eigenvalue weighted by atomic mass is 16.3. The highest BCUT2D eigenvalue weighted by Crippen LogP contribution is 2.21. The van der Waals surface area contributed by atoms with Gasteiger partial charge in [-0.05, 0) is 31.7 Å². The first-order valence-electron chi connectivity index (χ1n) is 6.76. The average molecular weight is 274 g/mol. The Kier molecular flexibility index (Phi) is 3.56. The van der Waals surface area contributed by atoms with Crippen molar-refractivity contribution in [1.29, 1.82) is 0 Å². The zero-order valence-corrected chi connectivity index (χ0v) is 11.5. The van der Waals surface area contributed by atoms with Crippen molar-refractivity contribution in [2.24, 2.45) is 0 Å². The summed E-state index contributed by atoms with van der Waals surface area (Å²) in [6, 6.07) is 5.72. The minimum Gasteiger partial charge on any atom is -0.459 e. The first-order valence-corrected chi connectivity index (χ1v) is 6.76. The molecule has 0 fully saturated rings. The molecule has 20 heavy (non-hydrogen) atoms. The van der Waals surface area contributed by atoms with Gasteiger partial charge in [-0.25, -0.2) is 0 Å². The Balaban J connectivity index is 1.56. The molecule has 0 saturated carbocycles. The lowest BCUT2D eigenvalue weighted by atomic mass is 10.1. The van der Waals surface area contributed by atoms with Crippen LogP contribution in [0.15, 0.2) is 35.1 Å². The highest BCUT2D eigenvalue weighted by Gasteiger charge is 2.23. The molecule has 106 valence electrons. The summed E-state index contributed by atoms with van der Waals surface area (Å²) in [6.07, 6.45) is 4.19. The van der Waals surface area contributed by atoms with Crippen LogP contribution in [-0.2, 0) is 6.54 Å². The summed E-state index contributed by atoms with van der Waals surface area (Å²) >= 11 is 0. The van der Waals surface area contributed by atoms with Crippen molar-refractivity contribution >= 4 is 5.91 Å². The number of likely N-dealkylation sites (N-methyl/N-ethyl adjacent to an activating group) is 1. The van der Waals surface area contributed by atoms with Crippen LogP contribution in [0.5, 0.6) is 0 Å². The molecule has 3 heterocycles. The van der Waals surface area contributed by atoms with E-state index in [-0.39, 0.29) is 5.91 Å². The topological polar surface area (TPSA) is 63.3 Å². The number of carbonyl (C=O) groups excluding carboxylic acids is 1. The maximum absolute atomic E-state index is 11.8. The zero-order valence-electron chi connectivity index (χ0n) is 11.5. The van der Waals surface area contributed by atoms with Crippen LogP contribution >= 0.6 is 0 Å². The van der Waals surface area contributed by atoms with Gasteiger partial charge in [-0.1, -0.05) is 0 Å². The van der Waals surface area contributed by atoms with Gasteiger partial charge in [0.25, 0.3) is 5.91 Å². The number of fused-ring (bicyclic) bond motifs is 1. The van der Waals surface area contributed by atoms with E-state index in [1.165, 1.54) is 12.0 Å². The lowest BCUT2D eigenvalue weighted by Crippen LogP contribution is -2.37. The second-order valence-electron chi connectivity index (χ2n) is 5.14. The van der Waals surface area contributed by atoms with Crippen LogP contribution in [0.2, 0.25) is 0 Å². The number of rotatable bonds is 4. The van der Waals surface area contributed by atoms with Crippen molar-refractivity contribution in [3.05, 3.63) is 42.1 Å². The van der Waals surface area contributed by atoms with Crippen molar-refractivity contribution in [2.75, 3.05) is 20.1 Å². The standard InChI is InChI=1S/C14H18N4O2/c1-17-9-11(18-12(10-17)5-7-16-18)4-6-15-14(19)13-3-2-8-20-13/h2-3,5,7-8,11H,4,6,9-10H2,1H3,(H,15,19)/t11-/m0/s1. The summed E-state index contributed by atoms with van der Waals surface area (Å²) < 4.78 is 7.13. The minimum absolute atomic E-state index is 0.167. The quantitative estimate of drug-likeness (QED) is 0.912. The molecule has 0 aromatic carbocycles. The Morgan fingerprint density at radius 3 is 3.25 bits per heavy atom. The van der Waals surface area contributed by atoms with E-state index in [0.29, 0.717) is 18.3 Å². The van der Waals surface area contributed by atoms with E-state index in [2.05, 4.69) is 27.0 Å². The average Bonchev–Trinajstić information content (AvgIpc) is 3.09. The number of aromatic nitrogens is 2. The van der Waals surface area contributed by atoms with Crippen LogP contribution in [0.1, 0.15) is 28.7 Å². The second-order valence-corrected chi connectivity index (χ2v) is 5.14. The van der Waals surface area contributed by atoms with Gasteiger partial charge in [0, 0.05) is 25.8 Å². The third-order valence-electron chi connectivity index (χ3n) is 3.56. The van der Waals surface area contributed by atoms with Crippen molar-refractivity contribution < 1.29 is 9.21 Å². The summed E-state index contributed by atoms with van der Waals surface area (Å²) in [6.45, 7) is 2.48. The third kappa shape index (κ3) is 2.60. The molecule has 0 radical (unpaired) electrons. The number of carbonyl (C=O) groups is 1. The van der Waals surface area contributed by atoms with E-state index in [4.69, 9.17) is 4.42 Å². The summed E-state index contributed by atoms with van der Waals surface area (Å²) in [5.74, 6) is 0.186. The molecule has 0 spiro atoms. The molecular formula is C14H18N4O2. The Morgan fingerprint density at radius 1 is 1.55 bits per heavy atom. The Morgan fingerprint density at radius 2 is 2.45 bits per heavy atom. The summed E-state index contributed by atoms with van der Waals surface area (Å²) in [7, 11) is 2.10. The van der Waals surface area contributed by atoms with E-state index < -0.39 is 0 Å². The fourth-order valence-corrected chi connectivity index (χ4v) is 2.63. The van der Waals surface area contributed by atoms with Crippen LogP contribution < -0.4 is 5.32 Å². The minimum atomic E-state index is -0.167. The van der Waals surface area contributed by atoms with Crippen LogP contribution in [-0.4, -0.2) is 40.7 Å². The first kappa shape index (κ1) is 12.9. The second kappa shape index (κ2) is 5.50. The largest absolute Gasteiger partial charge is 0.459 e. The predicted octanol–water partition coefficient (Wildman–Crippen LogP) is 1.28. The molecule has 0 unspecified atom stereocenters. The number of nitrogens with zero attached hydrogens (tertiary/aromatic N) is 3. The van der Waals surface area contributed by atoms with E-state index >= 15 is 0 Å². The normalized spacial score (nSPS) is 18.8. The SMILES string of the molecule is CN1Cc2ccnn2[C@@H](CCNC(=O)c2ccco2)C1. The molecule has 0 bridgehead atoms. The van der Waals surface area contributed by atoms with Gasteiger partial charge in [0.05, 0.1) is 18.0 Å². The lowest BCUT2D eigenvalue weighted by Gasteiger charge is -2.31. The summed E-state index contributed by atoms with van der Waals surface area (Å²) in [5, 5.41) is 7.26. The van der Waals surface area contributed by atoms with Gasteiger partial charge < -0.3 is 9.73 Å². The highest BCUT2D eigenvalue weighted by molar-refractivity contribution is 5.91. The van der Waals surface area contributed by atoms with Crippen molar-refractivity contribution in [3.8, 4) is 0 Å². The molecule has 1 N–H and O–H groups in total. The lowest BCUT2D eigenvalue weighted by molar-refractivity contribution is 0.0921. The molecular weight excluding hydrogens is 256 g/mol. The number of amides is 1. The molecule has 1 aliphatic heterocycles. The number of hydrogen-bond donors (Lipinski definition) is 1. The number of nitrogens with one attached hydrogen (secondary N) is 1. The van der Waals surface area contributed by atoms with Crippen LogP contribution in [0.4, 0.5) is 0 Å². The molecule has 1 atom stereocenters. The van der Waals surface area contributed by atoms with Gasteiger partial charge in [0.2, 0.25) is 0 Å². The molecule has 0 aliphatic carbocycles. The molecule has 1 amide bonds. The van der Waals surface area contributed by atoms with Crippen LogP contribution in [0.3, 0.4) is 0 Å². The van der Waals surface area contributed by atoms with E-state index in [0.717, 1.165) is 19.5 Å². The van der Waals surface area contributed by atoms with Gasteiger partial charge in [-0.2, -0.15) is 5.10 Å². The van der Waals surface area contributed by atoms with E-state index in [9.17, 15) is 4.79 Å². The maximum atomic E-state index is 11.8. The van der Waals surface area contributed by atoms with Crippen molar-refractivity contribution in [3.63, 3.8) is 0 Å². The first-order chi connectivity index (χ1) is 9.74. The zero-order chi connectivity index (χ0) is 13.9. The molecule has 2 aromatic rings. The Labute approximate surface area is 117 Å². The van der Waals surface area contributed by atoms with Crippen LogP contribution in [0.25, 0.3) is 0 Å². The van der Waals surface area contributed by atoms with Crippen LogP contribution in [0, 0.1) is 0 Å².